The Bertz CT molecular complexity index is 448. The first-order valence-corrected chi connectivity index (χ1v) is 6.64. The molecule has 1 amide bonds. The quantitative estimate of drug-likeness (QED) is 0.808. The number of hydrogen-bond donors (Lipinski definition) is 2. The zero-order valence-corrected chi connectivity index (χ0v) is 11.6. The summed E-state index contributed by atoms with van der Waals surface area (Å²) in [4.78, 5) is 22.6. The summed E-state index contributed by atoms with van der Waals surface area (Å²) in [5, 5.41) is 12.2. The second-order valence-corrected chi connectivity index (χ2v) is 4.87. The fourth-order valence-corrected chi connectivity index (χ4v) is 2.01. The average Bonchev–Trinajstić information content (AvgIpc) is 2.34. The predicted molar refractivity (Wildman–Crippen MR) is 74.2 cm³/mol. The molecule has 0 aliphatic carbocycles. The van der Waals surface area contributed by atoms with Crippen LogP contribution in [0.3, 0.4) is 0 Å². The molecule has 104 valence electrons. The molecule has 0 saturated carbocycles. The zero-order valence-electron chi connectivity index (χ0n) is 10.9. The normalized spacial score (nSPS) is 11.9. The number of carboxylic acid groups (broad SMARTS) is 1. The molecule has 1 rings (SSSR count). The highest BCUT2D eigenvalue weighted by Crippen LogP contribution is 2.11. The molecular formula is C14H18ClNO3. The molecule has 4 nitrogen and oxygen atoms in total. The molecule has 0 fully saturated rings. The van der Waals surface area contributed by atoms with E-state index in [0.29, 0.717) is 11.4 Å². The summed E-state index contributed by atoms with van der Waals surface area (Å²) < 4.78 is 0. The lowest BCUT2D eigenvalue weighted by Gasteiger charge is -2.12. The Morgan fingerprint density at radius 3 is 2.74 bits per heavy atom. The highest BCUT2D eigenvalue weighted by molar-refractivity contribution is 6.30. The van der Waals surface area contributed by atoms with Crippen molar-refractivity contribution in [2.75, 3.05) is 6.54 Å². The van der Waals surface area contributed by atoms with Gasteiger partial charge in [-0.3, -0.25) is 9.59 Å². The van der Waals surface area contributed by atoms with E-state index in [0.717, 1.165) is 12.0 Å². The van der Waals surface area contributed by atoms with Crippen LogP contribution in [0.5, 0.6) is 0 Å². The Kier molecular flexibility index (Phi) is 6.36. The summed E-state index contributed by atoms with van der Waals surface area (Å²) >= 11 is 5.83. The maximum Gasteiger partial charge on any atom is 0.308 e. The van der Waals surface area contributed by atoms with E-state index in [1.165, 1.54) is 0 Å². The van der Waals surface area contributed by atoms with Crippen LogP contribution in [0.2, 0.25) is 5.02 Å². The molecule has 0 heterocycles. The van der Waals surface area contributed by atoms with E-state index >= 15 is 0 Å². The van der Waals surface area contributed by atoms with Crippen LogP contribution in [0.15, 0.2) is 24.3 Å². The predicted octanol–water partition coefficient (Wildman–Crippen LogP) is 2.50. The van der Waals surface area contributed by atoms with Crippen molar-refractivity contribution in [1.82, 2.24) is 5.32 Å². The van der Waals surface area contributed by atoms with Gasteiger partial charge >= 0.3 is 5.97 Å². The molecule has 1 atom stereocenters. The van der Waals surface area contributed by atoms with Crippen molar-refractivity contribution in [1.29, 1.82) is 0 Å². The maximum atomic E-state index is 11.7. The van der Waals surface area contributed by atoms with Crippen molar-refractivity contribution < 1.29 is 14.7 Å². The van der Waals surface area contributed by atoms with Crippen molar-refractivity contribution in [2.45, 2.75) is 26.2 Å². The monoisotopic (exact) mass is 283 g/mol. The van der Waals surface area contributed by atoms with Gasteiger partial charge in [0.15, 0.2) is 0 Å². The van der Waals surface area contributed by atoms with E-state index in [1.54, 1.807) is 18.2 Å². The second-order valence-electron chi connectivity index (χ2n) is 4.43. The minimum absolute atomic E-state index is 0.169. The fourth-order valence-electron chi connectivity index (χ4n) is 1.79. The lowest BCUT2D eigenvalue weighted by molar-refractivity contribution is -0.141. The first-order valence-electron chi connectivity index (χ1n) is 6.27. The third-order valence-corrected chi connectivity index (χ3v) is 3.02. The number of amides is 1. The first kappa shape index (κ1) is 15.5. The summed E-state index contributed by atoms with van der Waals surface area (Å²) in [6.45, 7) is 2.09. The van der Waals surface area contributed by atoms with Crippen LogP contribution in [-0.2, 0) is 16.0 Å². The molecule has 1 aromatic rings. The molecule has 0 saturated heterocycles. The molecule has 2 N–H and O–H groups in total. The number of hydrogen-bond acceptors (Lipinski definition) is 2. The van der Waals surface area contributed by atoms with Crippen LogP contribution in [-0.4, -0.2) is 23.5 Å². The number of carboxylic acids is 1. The number of benzene rings is 1. The minimum atomic E-state index is -0.870. The molecule has 0 spiro atoms. The molecule has 5 heteroatoms. The van der Waals surface area contributed by atoms with Gasteiger partial charge in [0.1, 0.15) is 0 Å². The van der Waals surface area contributed by atoms with Gasteiger partial charge in [-0.05, 0) is 24.1 Å². The first-order chi connectivity index (χ1) is 9.02. The van der Waals surface area contributed by atoms with Crippen LogP contribution in [0.4, 0.5) is 0 Å². The van der Waals surface area contributed by atoms with Gasteiger partial charge in [0.2, 0.25) is 5.91 Å². The molecule has 0 aliphatic rings. The van der Waals surface area contributed by atoms with E-state index in [-0.39, 0.29) is 18.9 Å². The van der Waals surface area contributed by atoms with Gasteiger partial charge in [0, 0.05) is 11.6 Å². The van der Waals surface area contributed by atoms with Crippen LogP contribution in [0.1, 0.15) is 25.3 Å². The summed E-state index contributed by atoms with van der Waals surface area (Å²) in [5.41, 5.74) is 0.812. The number of nitrogens with one attached hydrogen (secondary N) is 1. The van der Waals surface area contributed by atoms with Crippen molar-refractivity contribution in [3.05, 3.63) is 34.9 Å². The Hall–Kier alpha value is -1.55. The Labute approximate surface area is 117 Å². The standard InChI is InChI=1S/C14H18ClNO3/c1-2-4-11(14(18)19)9-16-13(17)8-10-5-3-6-12(15)7-10/h3,5-7,11H,2,4,8-9H2,1H3,(H,16,17)(H,18,19). The largest absolute Gasteiger partial charge is 0.481 e. The van der Waals surface area contributed by atoms with Gasteiger partial charge in [-0.15, -0.1) is 0 Å². The Morgan fingerprint density at radius 1 is 1.42 bits per heavy atom. The van der Waals surface area contributed by atoms with Gasteiger partial charge in [-0.1, -0.05) is 37.1 Å². The van der Waals surface area contributed by atoms with Gasteiger partial charge < -0.3 is 10.4 Å². The summed E-state index contributed by atoms with van der Waals surface area (Å²) in [6.07, 6.45) is 1.55. The smallest absolute Gasteiger partial charge is 0.308 e. The summed E-state index contributed by atoms with van der Waals surface area (Å²) in [6, 6.07) is 7.06. The van der Waals surface area contributed by atoms with Gasteiger partial charge in [-0.25, -0.2) is 0 Å². The second kappa shape index (κ2) is 7.79. The van der Waals surface area contributed by atoms with Gasteiger partial charge in [0.05, 0.1) is 12.3 Å². The van der Waals surface area contributed by atoms with Crippen molar-refractivity contribution >= 4 is 23.5 Å². The minimum Gasteiger partial charge on any atom is -0.481 e. The SMILES string of the molecule is CCCC(CNC(=O)Cc1cccc(Cl)c1)C(=O)O. The Morgan fingerprint density at radius 2 is 2.16 bits per heavy atom. The van der Waals surface area contributed by atoms with Crippen LogP contribution in [0, 0.1) is 5.92 Å². The van der Waals surface area contributed by atoms with Gasteiger partial charge in [-0.2, -0.15) is 0 Å². The third kappa shape index (κ3) is 5.75. The van der Waals surface area contributed by atoms with E-state index in [1.807, 2.05) is 13.0 Å². The number of carbonyl (C=O) groups excluding carboxylic acids is 1. The number of rotatable bonds is 7. The highest BCUT2D eigenvalue weighted by Gasteiger charge is 2.17. The number of carbonyl (C=O) groups is 2. The van der Waals surface area contributed by atoms with Crippen molar-refractivity contribution in [2.24, 2.45) is 5.92 Å². The Balaban J connectivity index is 2.45. The van der Waals surface area contributed by atoms with E-state index in [4.69, 9.17) is 16.7 Å². The molecule has 0 radical (unpaired) electrons. The molecule has 1 unspecified atom stereocenters. The van der Waals surface area contributed by atoms with Gasteiger partial charge in [0.25, 0.3) is 0 Å². The third-order valence-electron chi connectivity index (χ3n) is 2.79. The van der Waals surface area contributed by atoms with Crippen LogP contribution in [0.25, 0.3) is 0 Å². The lowest BCUT2D eigenvalue weighted by atomic mass is 10.0. The topological polar surface area (TPSA) is 66.4 Å². The van der Waals surface area contributed by atoms with Crippen LogP contribution < -0.4 is 5.32 Å². The molecule has 1 aromatic carbocycles. The number of aliphatic carboxylic acids is 1. The van der Waals surface area contributed by atoms with E-state index in [9.17, 15) is 9.59 Å². The number of halogens is 1. The summed E-state index contributed by atoms with van der Waals surface area (Å²) in [7, 11) is 0. The molecule has 0 aliphatic heterocycles. The average molecular weight is 284 g/mol. The maximum absolute atomic E-state index is 11.7. The molecule has 19 heavy (non-hydrogen) atoms. The van der Waals surface area contributed by atoms with Crippen LogP contribution >= 0.6 is 11.6 Å². The molecule has 0 bridgehead atoms. The zero-order chi connectivity index (χ0) is 14.3. The lowest BCUT2D eigenvalue weighted by Crippen LogP contribution is -2.33. The van der Waals surface area contributed by atoms with Crippen molar-refractivity contribution in [3.8, 4) is 0 Å². The fraction of sp³-hybridized carbons (Fsp3) is 0.429. The van der Waals surface area contributed by atoms with Crippen molar-refractivity contribution in [3.63, 3.8) is 0 Å². The molecular weight excluding hydrogens is 266 g/mol. The summed E-state index contributed by atoms with van der Waals surface area (Å²) in [5.74, 6) is -1.58. The van der Waals surface area contributed by atoms with E-state index < -0.39 is 11.9 Å². The molecule has 0 aromatic heterocycles. The highest BCUT2D eigenvalue weighted by atomic mass is 35.5. The van der Waals surface area contributed by atoms with E-state index in [2.05, 4.69) is 5.32 Å².